The fourth-order valence-corrected chi connectivity index (χ4v) is 6.44. The van der Waals surface area contributed by atoms with Crippen molar-refractivity contribution in [2.45, 2.75) is 117 Å². The molecule has 0 aliphatic rings. The molecule has 1 heterocycles. The molecule has 0 N–H and O–H groups in total. The van der Waals surface area contributed by atoms with Crippen molar-refractivity contribution in [3.8, 4) is 51.7 Å². The van der Waals surface area contributed by atoms with Gasteiger partial charge >= 0.3 is 5.97 Å². The molecule has 0 aliphatic carbocycles. The smallest absolute Gasteiger partial charge is 0.343 e. The van der Waals surface area contributed by atoms with Gasteiger partial charge in [-0.3, -0.25) is 0 Å². The van der Waals surface area contributed by atoms with Crippen LogP contribution in [0.15, 0.2) is 108 Å². The zero-order chi connectivity index (χ0) is 39.0. The normalized spacial score (nSPS) is 10.8. The van der Waals surface area contributed by atoms with Gasteiger partial charge in [-0.2, -0.15) is 0 Å². The summed E-state index contributed by atoms with van der Waals surface area (Å²) in [5.74, 6) is 8.78. The van der Waals surface area contributed by atoms with Crippen LogP contribution in [0.4, 0.5) is 0 Å². The van der Waals surface area contributed by atoms with E-state index < -0.39 is 5.97 Å². The van der Waals surface area contributed by atoms with Gasteiger partial charge in [0.05, 0.1) is 18.8 Å². The summed E-state index contributed by atoms with van der Waals surface area (Å²) in [7, 11) is 0. The Balaban J connectivity index is 1.01. The molecule has 0 saturated carbocycles. The first kappa shape index (κ1) is 41.9. The third-order valence-corrected chi connectivity index (χ3v) is 9.87. The van der Waals surface area contributed by atoms with E-state index in [1.165, 1.54) is 89.9 Å². The van der Waals surface area contributed by atoms with Crippen molar-refractivity contribution in [3.63, 3.8) is 0 Å². The SMILES string of the molecule is CCCCCCCCCCOc1ccc(C(=O)Oc2ccc(C#Cc3ccc(-c4cc(-c5ccc(OCCCCCCCCCC)cc5)no4)cc3)cc2)cc1. The van der Waals surface area contributed by atoms with E-state index in [0.717, 1.165) is 58.9 Å². The number of esters is 1. The van der Waals surface area contributed by atoms with Crippen molar-refractivity contribution in [2.24, 2.45) is 0 Å². The first-order valence-electron chi connectivity index (χ1n) is 21.0. The Kier molecular flexibility index (Phi) is 18.2. The van der Waals surface area contributed by atoms with Crippen LogP contribution < -0.4 is 14.2 Å². The highest BCUT2D eigenvalue weighted by molar-refractivity contribution is 5.91. The predicted octanol–water partition coefficient (Wildman–Crippen LogP) is 13.7. The number of hydrogen-bond acceptors (Lipinski definition) is 6. The van der Waals surface area contributed by atoms with Gasteiger partial charge in [-0.05, 0) is 110 Å². The fraction of sp³-hybridized carbons (Fsp3) is 0.400. The minimum absolute atomic E-state index is 0.412. The number of ether oxygens (including phenoxy) is 3. The maximum atomic E-state index is 12.7. The molecule has 0 amide bonds. The van der Waals surface area contributed by atoms with E-state index in [0.29, 0.717) is 23.7 Å². The largest absolute Gasteiger partial charge is 0.494 e. The van der Waals surface area contributed by atoms with Crippen LogP contribution in [-0.2, 0) is 0 Å². The molecule has 0 unspecified atom stereocenters. The van der Waals surface area contributed by atoms with Crippen molar-refractivity contribution < 1.29 is 23.5 Å². The van der Waals surface area contributed by atoms with Gasteiger partial charge in [0, 0.05) is 28.3 Å². The number of nitrogens with zero attached hydrogens (tertiary/aromatic N) is 1. The summed E-state index contributed by atoms with van der Waals surface area (Å²) in [6, 6.07) is 32.2. The Morgan fingerprint density at radius 1 is 0.518 bits per heavy atom. The van der Waals surface area contributed by atoms with Gasteiger partial charge in [0.1, 0.15) is 22.9 Å². The lowest BCUT2D eigenvalue weighted by Gasteiger charge is -2.08. The van der Waals surface area contributed by atoms with Crippen LogP contribution >= 0.6 is 0 Å². The second-order valence-corrected chi connectivity index (χ2v) is 14.5. The number of unbranched alkanes of at least 4 members (excludes halogenated alkanes) is 14. The molecule has 0 fully saturated rings. The first-order valence-corrected chi connectivity index (χ1v) is 21.0. The quantitative estimate of drug-likeness (QED) is 0.0270. The van der Waals surface area contributed by atoms with Gasteiger partial charge < -0.3 is 18.7 Å². The van der Waals surface area contributed by atoms with Crippen LogP contribution in [0.2, 0.25) is 0 Å². The average Bonchev–Trinajstić information content (AvgIpc) is 3.73. The maximum absolute atomic E-state index is 12.7. The van der Waals surface area contributed by atoms with Crippen molar-refractivity contribution in [1.82, 2.24) is 5.16 Å². The lowest BCUT2D eigenvalue weighted by molar-refractivity contribution is 0.0734. The molecule has 0 saturated heterocycles. The molecule has 6 heteroatoms. The van der Waals surface area contributed by atoms with Gasteiger partial charge in [0.15, 0.2) is 5.76 Å². The fourth-order valence-electron chi connectivity index (χ4n) is 6.44. The summed E-state index contributed by atoms with van der Waals surface area (Å²) in [5, 5.41) is 4.30. The van der Waals surface area contributed by atoms with Gasteiger partial charge in [-0.1, -0.05) is 121 Å². The van der Waals surface area contributed by atoms with E-state index in [1.54, 1.807) is 24.3 Å². The molecule has 0 spiro atoms. The Morgan fingerprint density at radius 2 is 0.946 bits per heavy atom. The summed E-state index contributed by atoms with van der Waals surface area (Å²) in [6.45, 7) is 5.94. The number of aromatic nitrogens is 1. The average molecular weight is 754 g/mol. The highest BCUT2D eigenvalue weighted by Gasteiger charge is 2.11. The molecule has 0 radical (unpaired) electrons. The summed E-state index contributed by atoms with van der Waals surface area (Å²) in [6.07, 6.45) is 20.4. The highest BCUT2D eigenvalue weighted by Crippen LogP contribution is 2.28. The molecule has 0 aliphatic heterocycles. The summed E-state index contributed by atoms with van der Waals surface area (Å²) < 4.78 is 23.1. The van der Waals surface area contributed by atoms with Crippen LogP contribution in [-0.4, -0.2) is 24.3 Å². The van der Waals surface area contributed by atoms with Crippen molar-refractivity contribution >= 4 is 5.97 Å². The van der Waals surface area contributed by atoms with Crippen LogP contribution in [0.25, 0.3) is 22.6 Å². The molecule has 0 bridgehead atoms. The molecule has 294 valence electrons. The molecule has 1 aromatic heterocycles. The Bertz CT molecular complexity index is 1900. The van der Waals surface area contributed by atoms with Gasteiger partial charge in [-0.15, -0.1) is 0 Å². The van der Waals surface area contributed by atoms with Gasteiger partial charge in [0.25, 0.3) is 0 Å². The number of carbonyl (C=O) groups excluding carboxylic acids is 1. The minimum atomic E-state index is -0.412. The lowest BCUT2D eigenvalue weighted by atomic mass is 10.1. The molecule has 0 atom stereocenters. The van der Waals surface area contributed by atoms with Gasteiger partial charge in [-0.25, -0.2) is 4.79 Å². The minimum Gasteiger partial charge on any atom is -0.494 e. The molecular formula is C50H59NO5. The van der Waals surface area contributed by atoms with Crippen LogP contribution in [0.5, 0.6) is 17.2 Å². The summed E-state index contributed by atoms with van der Waals surface area (Å²) in [5.41, 5.74) is 4.84. The first-order chi connectivity index (χ1) is 27.6. The zero-order valence-corrected chi connectivity index (χ0v) is 33.5. The second kappa shape index (κ2) is 24.3. The Morgan fingerprint density at radius 3 is 1.46 bits per heavy atom. The molecule has 6 nitrogen and oxygen atoms in total. The molecule has 5 aromatic rings. The third-order valence-electron chi connectivity index (χ3n) is 9.87. The number of benzene rings is 4. The lowest BCUT2D eigenvalue weighted by Crippen LogP contribution is -2.08. The number of carbonyl (C=O) groups is 1. The Labute approximate surface area is 335 Å². The number of rotatable bonds is 24. The highest BCUT2D eigenvalue weighted by atomic mass is 16.5. The topological polar surface area (TPSA) is 70.8 Å². The number of hydrogen-bond donors (Lipinski definition) is 0. The van der Waals surface area contributed by atoms with Crippen LogP contribution in [0.1, 0.15) is 138 Å². The van der Waals surface area contributed by atoms with Crippen LogP contribution in [0.3, 0.4) is 0 Å². The third kappa shape index (κ3) is 14.8. The van der Waals surface area contributed by atoms with E-state index in [-0.39, 0.29) is 0 Å². The van der Waals surface area contributed by atoms with E-state index in [1.807, 2.05) is 78.9 Å². The van der Waals surface area contributed by atoms with Crippen molar-refractivity contribution in [1.29, 1.82) is 0 Å². The van der Waals surface area contributed by atoms with Gasteiger partial charge in [0.2, 0.25) is 0 Å². The van der Waals surface area contributed by atoms with E-state index >= 15 is 0 Å². The van der Waals surface area contributed by atoms with E-state index in [2.05, 4.69) is 30.8 Å². The van der Waals surface area contributed by atoms with Crippen LogP contribution in [0, 0.1) is 11.8 Å². The molecule has 5 rings (SSSR count). The molecule has 4 aromatic carbocycles. The van der Waals surface area contributed by atoms with Crippen molar-refractivity contribution in [2.75, 3.05) is 13.2 Å². The summed E-state index contributed by atoms with van der Waals surface area (Å²) >= 11 is 0. The van der Waals surface area contributed by atoms with E-state index in [9.17, 15) is 4.79 Å². The monoisotopic (exact) mass is 753 g/mol. The van der Waals surface area contributed by atoms with E-state index in [4.69, 9.17) is 18.7 Å². The summed E-state index contributed by atoms with van der Waals surface area (Å²) in [4.78, 5) is 12.7. The second-order valence-electron chi connectivity index (χ2n) is 14.5. The molecular weight excluding hydrogens is 695 g/mol. The standard InChI is InChI=1S/C50H59NO5/c1-3-5-7-9-11-13-15-17-37-53-45-33-27-42(28-34-45)48-39-49(56-51-48)43-25-21-40(22-26-43)19-20-41-23-31-47(32-24-41)55-50(52)44-29-35-46(36-30-44)54-38-18-16-14-12-10-8-6-4-2/h21-36,39H,3-18,37-38H2,1-2H3. The molecule has 56 heavy (non-hydrogen) atoms. The Hall–Kier alpha value is -5.28. The maximum Gasteiger partial charge on any atom is 0.343 e. The predicted molar refractivity (Wildman–Crippen MR) is 227 cm³/mol. The zero-order valence-electron chi connectivity index (χ0n) is 33.5. The van der Waals surface area contributed by atoms with Crippen molar-refractivity contribution in [3.05, 3.63) is 120 Å².